The topological polar surface area (TPSA) is 89.3 Å². The highest BCUT2D eigenvalue weighted by Crippen LogP contribution is 2.23. The molecule has 0 bridgehead atoms. The lowest BCUT2D eigenvalue weighted by molar-refractivity contribution is -0.384. The van der Waals surface area contributed by atoms with E-state index < -0.39 is 14.9 Å². The zero-order valence-electron chi connectivity index (χ0n) is 8.93. The summed E-state index contributed by atoms with van der Waals surface area (Å²) in [7, 11) is -3.42. The summed E-state index contributed by atoms with van der Waals surface area (Å²) in [6.45, 7) is 1.84. The van der Waals surface area contributed by atoms with E-state index in [0.29, 0.717) is 6.42 Å². The maximum Gasteiger partial charge on any atom is 0.271 e. The van der Waals surface area contributed by atoms with Crippen LogP contribution in [0.2, 0.25) is 0 Å². The van der Waals surface area contributed by atoms with Gasteiger partial charge in [0.1, 0.15) is 0 Å². The van der Waals surface area contributed by atoms with Crippen LogP contribution in [-0.4, -0.2) is 19.6 Å². The molecular weight excluding hydrogens is 232 g/mol. The van der Waals surface area contributed by atoms with Crippen LogP contribution in [0, 0.1) is 10.1 Å². The van der Waals surface area contributed by atoms with Crippen LogP contribution in [0.3, 0.4) is 0 Å². The van der Waals surface area contributed by atoms with Crippen molar-refractivity contribution >= 4 is 21.4 Å². The average Bonchev–Trinajstić information content (AvgIpc) is 2.15. The highest BCUT2D eigenvalue weighted by atomic mass is 32.2. The number of benzene rings is 1. The van der Waals surface area contributed by atoms with Crippen molar-refractivity contribution in [2.45, 2.75) is 13.3 Å². The number of hydrogen-bond donors (Lipinski definition) is 1. The lowest BCUT2D eigenvalue weighted by Crippen LogP contribution is -2.11. The first kappa shape index (κ1) is 12.4. The van der Waals surface area contributed by atoms with Crippen molar-refractivity contribution in [2.24, 2.45) is 0 Å². The number of nitro groups is 1. The zero-order chi connectivity index (χ0) is 12.3. The van der Waals surface area contributed by atoms with Crippen LogP contribution in [0.15, 0.2) is 18.2 Å². The third-order valence-electron chi connectivity index (χ3n) is 1.98. The first-order valence-electron chi connectivity index (χ1n) is 4.58. The molecule has 0 saturated carbocycles. The normalized spacial score (nSPS) is 11.1. The first-order chi connectivity index (χ1) is 7.33. The number of non-ortho nitro benzene ring substituents is 1. The SMILES string of the molecule is CCc1ccc([N+](=O)[O-])cc1NS(C)(=O)=O. The number of aryl methyl sites for hydroxylation is 1. The number of sulfonamides is 1. The largest absolute Gasteiger partial charge is 0.283 e. The average molecular weight is 244 g/mol. The van der Waals surface area contributed by atoms with Crippen molar-refractivity contribution in [3.8, 4) is 0 Å². The maximum absolute atomic E-state index is 11.1. The Kier molecular flexibility index (Phi) is 3.48. The Labute approximate surface area is 93.5 Å². The molecule has 0 fully saturated rings. The second-order valence-corrected chi connectivity index (χ2v) is 5.07. The number of nitrogens with zero attached hydrogens (tertiary/aromatic N) is 1. The van der Waals surface area contributed by atoms with Gasteiger partial charge in [-0.25, -0.2) is 8.42 Å². The van der Waals surface area contributed by atoms with Crippen molar-refractivity contribution in [3.63, 3.8) is 0 Å². The van der Waals surface area contributed by atoms with E-state index in [1.54, 1.807) is 6.07 Å². The van der Waals surface area contributed by atoms with Crippen LogP contribution >= 0.6 is 0 Å². The van der Waals surface area contributed by atoms with Crippen LogP contribution in [0.4, 0.5) is 11.4 Å². The Morgan fingerprint density at radius 1 is 1.44 bits per heavy atom. The molecule has 1 aromatic carbocycles. The van der Waals surface area contributed by atoms with Crippen LogP contribution in [-0.2, 0) is 16.4 Å². The molecule has 1 aromatic rings. The molecule has 0 aliphatic carbocycles. The van der Waals surface area contributed by atoms with Crippen molar-refractivity contribution < 1.29 is 13.3 Å². The Morgan fingerprint density at radius 2 is 2.06 bits per heavy atom. The molecule has 6 nitrogen and oxygen atoms in total. The standard InChI is InChI=1S/C9H12N2O4S/c1-3-7-4-5-8(11(12)13)6-9(7)10-16(2,14)15/h4-6,10H,3H2,1-2H3. The molecule has 0 aliphatic heterocycles. The molecule has 16 heavy (non-hydrogen) atoms. The van der Waals surface area contributed by atoms with Gasteiger partial charge in [-0.15, -0.1) is 0 Å². The van der Waals surface area contributed by atoms with Crippen LogP contribution < -0.4 is 4.72 Å². The lowest BCUT2D eigenvalue weighted by Gasteiger charge is -2.08. The van der Waals surface area contributed by atoms with Crippen molar-refractivity contribution in [1.82, 2.24) is 0 Å². The number of rotatable bonds is 4. The summed E-state index contributed by atoms with van der Waals surface area (Å²) in [4.78, 5) is 9.98. The highest BCUT2D eigenvalue weighted by molar-refractivity contribution is 7.92. The van der Waals surface area contributed by atoms with Gasteiger partial charge in [0.25, 0.3) is 5.69 Å². The number of nitrogens with one attached hydrogen (secondary N) is 1. The quantitative estimate of drug-likeness (QED) is 0.642. The van der Waals surface area contributed by atoms with E-state index in [1.165, 1.54) is 12.1 Å². The molecule has 0 unspecified atom stereocenters. The molecule has 7 heteroatoms. The molecule has 0 atom stereocenters. The summed E-state index contributed by atoms with van der Waals surface area (Å²) in [5.41, 5.74) is 0.846. The summed E-state index contributed by atoms with van der Waals surface area (Å²) in [5.74, 6) is 0. The van der Waals surface area contributed by atoms with E-state index in [1.807, 2.05) is 6.92 Å². The van der Waals surface area contributed by atoms with E-state index in [4.69, 9.17) is 0 Å². The summed E-state index contributed by atoms with van der Waals surface area (Å²) in [6.07, 6.45) is 1.60. The Balaban J connectivity index is 3.22. The van der Waals surface area contributed by atoms with Gasteiger partial charge in [-0.2, -0.15) is 0 Å². The van der Waals surface area contributed by atoms with Crippen LogP contribution in [0.1, 0.15) is 12.5 Å². The fourth-order valence-electron chi connectivity index (χ4n) is 1.28. The fourth-order valence-corrected chi connectivity index (χ4v) is 1.87. The predicted molar refractivity (Wildman–Crippen MR) is 60.9 cm³/mol. The van der Waals surface area contributed by atoms with Crippen molar-refractivity contribution in [1.29, 1.82) is 0 Å². The minimum atomic E-state index is -3.42. The van der Waals surface area contributed by atoms with E-state index >= 15 is 0 Å². The van der Waals surface area contributed by atoms with E-state index in [-0.39, 0.29) is 11.4 Å². The minimum Gasteiger partial charge on any atom is -0.283 e. The first-order valence-corrected chi connectivity index (χ1v) is 6.47. The third kappa shape index (κ3) is 3.20. The van der Waals surface area contributed by atoms with Gasteiger partial charge >= 0.3 is 0 Å². The molecule has 0 heterocycles. The molecule has 0 radical (unpaired) electrons. The van der Waals surface area contributed by atoms with Gasteiger partial charge in [-0.1, -0.05) is 13.0 Å². The fraction of sp³-hybridized carbons (Fsp3) is 0.333. The molecule has 0 saturated heterocycles. The Morgan fingerprint density at radius 3 is 2.50 bits per heavy atom. The van der Waals surface area contributed by atoms with Gasteiger partial charge in [0.15, 0.2) is 0 Å². The van der Waals surface area contributed by atoms with Gasteiger partial charge in [0.2, 0.25) is 10.0 Å². The molecule has 0 amide bonds. The summed E-state index contributed by atoms with van der Waals surface area (Å²) in [6, 6.07) is 4.12. The summed E-state index contributed by atoms with van der Waals surface area (Å²) in [5, 5.41) is 10.5. The molecule has 0 aliphatic rings. The van der Waals surface area contributed by atoms with Crippen molar-refractivity contribution in [3.05, 3.63) is 33.9 Å². The molecule has 88 valence electrons. The third-order valence-corrected chi connectivity index (χ3v) is 2.57. The van der Waals surface area contributed by atoms with Crippen LogP contribution in [0.25, 0.3) is 0 Å². The minimum absolute atomic E-state index is 0.136. The molecule has 1 N–H and O–H groups in total. The Hall–Kier alpha value is -1.63. The van der Waals surface area contributed by atoms with Gasteiger partial charge in [0.05, 0.1) is 16.9 Å². The Bertz CT molecular complexity index is 510. The van der Waals surface area contributed by atoms with Gasteiger partial charge < -0.3 is 0 Å². The summed E-state index contributed by atoms with van der Waals surface area (Å²) >= 11 is 0. The molecular formula is C9H12N2O4S. The summed E-state index contributed by atoms with van der Waals surface area (Å²) < 4.78 is 24.4. The van der Waals surface area contributed by atoms with E-state index in [9.17, 15) is 18.5 Å². The van der Waals surface area contributed by atoms with Crippen molar-refractivity contribution in [2.75, 3.05) is 11.0 Å². The number of hydrogen-bond acceptors (Lipinski definition) is 4. The van der Waals surface area contributed by atoms with E-state index in [2.05, 4.69) is 4.72 Å². The monoisotopic (exact) mass is 244 g/mol. The number of anilines is 1. The molecule has 1 rings (SSSR count). The second kappa shape index (κ2) is 4.48. The molecule has 0 spiro atoms. The zero-order valence-corrected chi connectivity index (χ0v) is 9.74. The van der Waals surface area contributed by atoms with Gasteiger partial charge in [0, 0.05) is 12.1 Å². The molecule has 0 aromatic heterocycles. The predicted octanol–water partition coefficient (Wildman–Crippen LogP) is 1.53. The van der Waals surface area contributed by atoms with Gasteiger partial charge in [-0.3, -0.25) is 14.8 Å². The van der Waals surface area contributed by atoms with Gasteiger partial charge in [-0.05, 0) is 12.0 Å². The smallest absolute Gasteiger partial charge is 0.271 e. The highest BCUT2D eigenvalue weighted by Gasteiger charge is 2.12. The second-order valence-electron chi connectivity index (χ2n) is 3.33. The number of nitro benzene ring substituents is 1. The van der Waals surface area contributed by atoms with Crippen LogP contribution in [0.5, 0.6) is 0 Å². The maximum atomic E-state index is 11.1. The van der Waals surface area contributed by atoms with E-state index in [0.717, 1.165) is 11.8 Å². The lowest BCUT2D eigenvalue weighted by atomic mass is 10.1.